The van der Waals surface area contributed by atoms with Crippen LogP contribution in [0, 0.1) is 0 Å². The molecule has 176 valence electrons. The molecule has 0 aromatic heterocycles. The molecule has 1 unspecified atom stereocenters. The first-order valence-corrected chi connectivity index (χ1v) is 10.4. The predicted molar refractivity (Wildman–Crippen MR) is 121 cm³/mol. The Labute approximate surface area is 194 Å². The van der Waals surface area contributed by atoms with Crippen LogP contribution >= 0.6 is 12.2 Å². The van der Waals surface area contributed by atoms with Crippen molar-refractivity contribution in [3.05, 3.63) is 64.9 Å². The Morgan fingerprint density at radius 2 is 1.85 bits per heavy atom. The molecule has 1 N–H and O–H groups in total. The average Bonchev–Trinajstić information content (AvgIpc) is 2.77. The van der Waals surface area contributed by atoms with Crippen molar-refractivity contribution >= 4 is 29.0 Å². The molecule has 1 heterocycles. The number of hydrogen-bond acceptors (Lipinski definition) is 5. The lowest BCUT2D eigenvalue weighted by Gasteiger charge is -2.38. The molecule has 0 bridgehead atoms. The van der Waals surface area contributed by atoms with Crippen molar-refractivity contribution in [2.24, 2.45) is 0 Å². The van der Waals surface area contributed by atoms with E-state index < -0.39 is 23.8 Å². The number of hydrogen-bond donors (Lipinski definition) is 1. The number of rotatable bonds is 6. The number of nitrogens with one attached hydrogen (secondary N) is 1. The number of ether oxygens (including phenoxy) is 3. The zero-order chi connectivity index (χ0) is 24.3. The van der Waals surface area contributed by atoms with Gasteiger partial charge in [0, 0.05) is 16.9 Å². The molecule has 0 fully saturated rings. The maximum atomic E-state index is 13.3. The average molecular weight is 481 g/mol. The summed E-state index contributed by atoms with van der Waals surface area (Å²) in [5, 5.41) is 3.19. The van der Waals surface area contributed by atoms with Gasteiger partial charge in [-0.1, -0.05) is 18.2 Å². The molecule has 10 heteroatoms. The van der Waals surface area contributed by atoms with Gasteiger partial charge in [-0.3, -0.25) is 4.90 Å². The summed E-state index contributed by atoms with van der Waals surface area (Å²) in [6.07, 6.45) is -4.53. The fraction of sp³-hybridized carbons (Fsp3) is 0.304. The van der Waals surface area contributed by atoms with E-state index in [4.69, 9.17) is 26.4 Å². The minimum atomic E-state index is -4.53. The predicted octanol–water partition coefficient (Wildman–Crippen LogP) is 5.00. The van der Waals surface area contributed by atoms with E-state index in [0.717, 1.165) is 12.1 Å². The lowest BCUT2D eigenvalue weighted by atomic mass is 9.93. The molecule has 0 spiro atoms. The molecule has 0 saturated carbocycles. The molecule has 0 saturated heterocycles. The first-order valence-electron chi connectivity index (χ1n) is 10.0. The third-order valence-corrected chi connectivity index (χ3v) is 5.46. The molecule has 0 aliphatic carbocycles. The van der Waals surface area contributed by atoms with Gasteiger partial charge in [-0.15, -0.1) is 0 Å². The van der Waals surface area contributed by atoms with E-state index >= 15 is 0 Å². The number of alkyl halides is 3. The van der Waals surface area contributed by atoms with Crippen molar-refractivity contribution < 1.29 is 32.2 Å². The van der Waals surface area contributed by atoms with Gasteiger partial charge in [0.25, 0.3) is 0 Å². The summed E-state index contributed by atoms with van der Waals surface area (Å²) in [4.78, 5) is 14.4. The Kier molecular flexibility index (Phi) is 7.16. The highest BCUT2D eigenvalue weighted by molar-refractivity contribution is 7.80. The number of anilines is 1. The normalized spacial score (nSPS) is 16.4. The SMILES string of the molecule is CCOC(=O)C1=C(C)N(c2cccc(C(F)(F)F)c2)C(=S)NC1c1cccc(OC)c1OC. The molecule has 33 heavy (non-hydrogen) atoms. The summed E-state index contributed by atoms with van der Waals surface area (Å²) < 4.78 is 56.0. The van der Waals surface area contributed by atoms with Gasteiger partial charge in [0.15, 0.2) is 16.6 Å². The topological polar surface area (TPSA) is 60.0 Å². The van der Waals surface area contributed by atoms with Crippen LogP contribution in [0.5, 0.6) is 11.5 Å². The zero-order valence-electron chi connectivity index (χ0n) is 18.4. The monoisotopic (exact) mass is 480 g/mol. The van der Waals surface area contributed by atoms with Crippen LogP contribution in [-0.2, 0) is 15.7 Å². The minimum Gasteiger partial charge on any atom is -0.493 e. The number of nitrogens with zero attached hydrogens (tertiary/aromatic N) is 1. The van der Waals surface area contributed by atoms with E-state index in [1.807, 2.05) is 0 Å². The maximum Gasteiger partial charge on any atom is 0.416 e. The number of benzene rings is 2. The summed E-state index contributed by atoms with van der Waals surface area (Å²) in [5.41, 5.74) is 0.425. The molecule has 0 amide bonds. The van der Waals surface area contributed by atoms with Crippen LogP contribution in [0.2, 0.25) is 0 Å². The molecule has 6 nitrogen and oxygen atoms in total. The van der Waals surface area contributed by atoms with E-state index in [2.05, 4.69) is 5.32 Å². The van der Waals surface area contributed by atoms with Crippen molar-refractivity contribution in [1.29, 1.82) is 0 Å². The number of methoxy groups -OCH3 is 2. The van der Waals surface area contributed by atoms with E-state index in [0.29, 0.717) is 22.8 Å². The molecule has 1 atom stereocenters. The second-order valence-corrected chi connectivity index (χ2v) is 7.46. The van der Waals surface area contributed by atoms with Crippen LogP contribution in [0.15, 0.2) is 53.7 Å². The molecular formula is C23H23F3N2O4S. The Bertz CT molecular complexity index is 1100. The van der Waals surface area contributed by atoms with E-state index in [-0.39, 0.29) is 23.0 Å². The molecule has 3 rings (SSSR count). The quantitative estimate of drug-likeness (QED) is 0.462. The second-order valence-electron chi connectivity index (χ2n) is 7.07. The highest BCUT2D eigenvalue weighted by Gasteiger charge is 2.38. The van der Waals surface area contributed by atoms with Gasteiger partial charge >= 0.3 is 12.1 Å². The standard InChI is InChI=1S/C23H23F3N2O4S/c1-5-32-21(29)18-13(2)28(15-9-6-8-14(12-15)23(24,25)26)22(33)27-19(18)16-10-7-11-17(30-3)20(16)31-4/h6-12,19H,5H2,1-4H3,(H,27,33). The van der Waals surface area contributed by atoms with Crippen LogP contribution in [0.3, 0.4) is 0 Å². The minimum absolute atomic E-state index is 0.117. The van der Waals surface area contributed by atoms with Gasteiger partial charge in [-0.05, 0) is 50.3 Å². The van der Waals surface area contributed by atoms with Gasteiger partial charge in [-0.25, -0.2) is 4.79 Å². The number of esters is 1. The van der Waals surface area contributed by atoms with Crippen LogP contribution < -0.4 is 19.7 Å². The fourth-order valence-corrected chi connectivity index (χ4v) is 4.08. The molecule has 1 aliphatic rings. The highest BCUT2D eigenvalue weighted by Crippen LogP contribution is 2.42. The Morgan fingerprint density at radius 1 is 1.15 bits per heavy atom. The third kappa shape index (κ3) is 4.75. The van der Waals surface area contributed by atoms with E-state index in [1.54, 1.807) is 32.0 Å². The number of allylic oxidation sites excluding steroid dienone is 1. The molecular weight excluding hydrogens is 457 g/mol. The lowest BCUT2D eigenvalue weighted by Crippen LogP contribution is -2.48. The van der Waals surface area contributed by atoms with Crippen molar-refractivity contribution in [1.82, 2.24) is 5.32 Å². The number of carbonyl (C=O) groups excluding carboxylic acids is 1. The van der Waals surface area contributed by atoms with Crippen LogP contribution in [0.25, 0.3) is 0 Å². The largest absolute Gasteiger partial charge is 0.493 e. The Hall–Kier alpha value is -3.27. The molecule has 1 aliphatic heterocycles. The second kappa shape index (κ2) is 9.70. The number of thiocarbonyl (C=S) groups is 1. The lowest BCUT2D eigenvalue weighted by molar-refractivity contribution is -0.139. The van der Waals surface area contributed by atoms with Crippen molar-refractivity contribution in [3.63, 3.8) is 0 Å². The third-order valence-electron chi connectivity index (χ3n) is 5.16. The summed E-state index contributed by atoms with van der Waals surface area (Å²) >= 11 is 5.52. The van der Waals surface area contributed by atoms with E-state index in [1.165, 1.54) is 31.3 Å². The zero-order valence-corrected chi connectivity index (χ0v) is 19.3. The highest BCUT2D eigenvalue weighted by atomic mass is 32.1. The number of carbonyl (C=O) groups is 1. The van der Waals surface area contributed by atoms with Crippen molar-refractivity contribution in [2.75, 3.05) is 25.7 Å². The number of para-hydroxylation sites is 1. The summed E-state index contributed by atoms with van der Waals surface area (Å²) in [7, 11) is 2.96. The van der Waals surface area contributed by atoms with E-state index in [9.17, 15) is 18.0 Å². The first-order chi connectivity index (χ1) is 15.6. The molecule has 2 aromatic rings. The van der Waals surface area contributed by atoms with Crippen LogP contribution in [0.4, 0.5) is 18.9 Å². The smallest absolute Gasteiger partial charge is 0.416 e. The van der Waals surface area contributed by atoms with Gasteiger partial charge in [0.05, 0.1) is 38.0 Å². The number of halogens is 3. The maximum absolute atomic E-state index is 13.3. The van der Waals surface area contributed by atoms with Gasteiger partial charge in [0.1, 0.15) is 0 Å². The fourth-order valence-electron chi connectivity index (χ4n) is 3.72. The van der Waals surface area contributed by atoms with Gasteiger partial charge in [0.2, 0.25) is 0 Å². The van der Waals surface area contributed by atoms with Crippen molar-refractivity contribution in [3.8, 4) is 11.5 Å². The van der Waals surface area contributed by atoms with Crippen molar-refractivity contribution in [2.45, 2.75) is 26.1 Å². The van der Waals surface area contributed by atoms with Crippen LogP contribution in [-0.4, -0.2) is 31.9 Å². The molecule has 2 aromatic carbocycles. The summed E-state index contributed by atoms with van der Waals surface area (Å²) in [6.45, 7) is 3.39. The Balaban J connectivity index is 2.20. The molecule has 0 radical (unpaired) electrons. The first kappa shape index (κ1) is 24.4. The summed E-state index contributed by atoms with van der Waals surface area (Å²) in [5.74, 6) is 0.211. The van der Waals surface area contributed by atoms with Gasteiger partial charge < -0.3 is 19.5 Å². The van der Waals surface area contributed by atoms with Crippen LogP contribution in [0.1, 0.15) is 31.0 Å². The Morgan fingerprint density at radius 3 is 2.45 bits per heavy atom. The summed E-state index contributed by atoms with van der Waals surface area (Å²) in [6, 6.07) is 9.14. The van der Waals surface area contributed by atoms with Gasteiger partial charge in [-0.2, -0.15) is 13.2 Å².